The first kappa shape index (κ1) is 35.9. The number of benzene rings is 2. The molecule has 0 amide bonds. The number of carboxylic acids is 1. The third kappa shape index (κ3) is 15.7. The Balaban J connectivity index is 1.96. The summed E-state index contributed by atoms with van der Waals surface area (Å²) in [6.45, 7) is 5.88. The second-order valence-electron chi connectivity index (χ2n) is 11.6. The van der Waals surface area contributed by atoms with Gasteiger partial charge in [-0.25, -0.2) is 0 Å². The number of nitriles is 1. The largest absolute Gasteiger partial charge is 0.494 e. The van der Waals surface area contributed by atoms with Crippen LogP contribution in [0.5, 0.6) is 11.5 Å². The van der Waals surface area contributed by atoms with E-state index in [1.807, 2.05) is 48.5 Å². The maximum Gasteiger partial charge on any atom is 0.303 e. The molecule has 0 aliphatic rings. The lowest BCUT2D eigenvalue weighted by Crippen LogP contribution is -2.01. The first-order valence-electron chi connectivity index (χ1n) is 16.9. The van der Waals surface area contributed by atoms with E-state index in [-0.39, 0.29) is 12.8 Å². The van der Waals surface area contributed by atoms with E-state index in [1.54, 1.807) is 0 Å². The van der Waals surface area contributed by atoms with E-state index in [4.69, 9.17) is 9.47 Å². The highest BCUT2D eigenvalue weighted by atomic mass is 16.5. The molecule has 0 aromatic heterocycles. The fraction of sp³-hybridized carbons (Fsp3) is 0.579. The van der Waals surface area contributed by atoms with Crippen LogP contribution in [-0.2, 0) is 4.79 Å². The smallest absolute Gasteiger partial charge is 0.303 e. The molecule has 0 spiro atoms. The minimum atomic E-state index is -0.915. The van der Waals surface area contributed by atoms with Gasteiger partial charge in [0, 0.05) is 11.1 Å². The van der Waals surface area contributed by atoms with Gasteiger partial charge in [-0.3, -0.25) is 4.79 Å². The van der Waals surface area contributed by atoms with Crippen molar-refractivity contribution in [2.24, 2.45) is 0 Å². The molecular formula is C38H55NO4. The molecule has 5 heteroatoms. The van der Waals surface area contributed by atoms with Crippen molar-refractivity contribution in [2.45, 2.75) is 129 Å². The highest BCUT2D eigenvalue weighted by molar-refractivity contribution is 5.85. The molecule has 43 heavy (non-hydrogen) atoms. The highest BCUT2D eigenvalue weighted by Crippen LogP contribution is 2.31. The Bertz CT molecular complexity index is 1010. The number of aliphatic carboxylic acids is 1. The number of unbranched alkanes of at least 4 members (excludes halogenated alkanes) is 14. The van der Waals surface area contributed by atoms with Crippen LogP contribution in [0.3, 0.4) is 0 Å². The zero-order chi connectivity index (χ0) is 31.0. The molecule has 0 aliphatic carbocycles. The molecule has 2 aromatic carbocycles. The first-order chi connectivity index (χ1) is 21.1. The van der Waals surface area contributed by atoms with E-state index in [2.05, 4.69) is 19.9 Å². The summed E-state index contributed by atoms with van der Waals surface area (Å²) in [6.07, 6.45) is 20.3. The first-order valence-corrected chi connectivity index (χ1v) is 16.9. The average Bonchev–Trinajstić information content (AvgIpc) is 3.02. The lowest BCUT2D eigenvalue weighted by atomic mass is 9.91. The van der Waals surface area contributed by atoms with Crippen LogP contribution in [0, 0.1) is 11.3 Å². The van der Waals surface area contributed by atoms with Crippen LogP contribution in [0.15, 0.2) is 54.1 Å². The molecule has 0 radical (unpaired) electrons. The van der Waals surface area contributed by atoms with Crippen LogP contribution >= 0.6 is 0 Å². The van der Waals surface area contributed by atoms with E-state index in [1.165, 1.54) is 89.9 Å². The van der Waals surface area contributed by atoms with Crippen molar-refractivity contribution < 1.29 is 19.4 Å². The molecule has 0 atom stereocenters. The zero-order valence-electron chi connectivity index (χ0n) is 26.9. The summed E-state index contributed by atoms with van der Waals surface area (Å²) in [7, 11) is 0. The summed E-state index contributed by atoms with van der Waals surface area (Å²) >= 11 is 0. The maximum atomic E-state index is 11.3. The van der Waals surface area contributed by atoms with Crippen molar-refractivity contribution >= 4 is 11.5 Å². The van der Waals surface area contributed by atoms with Gasteiger partial charge >= 0.3 is 5.97 Å². The van der Waals surface area contributed by atoms with Crippen molar-refractivity contribution in [3.05, 3.63) is 65.2 Å². The Labute approximate surface area is 261 Å². The molecule has 0 aliphatic heterocycles. The van der Waals surface area contributed by atoms with Gasteiger partial charge < -0.3 is 14.6 Å². The maximum absolute atomic E-state index is 11.3. The Hall–Kier alpha value is -3.26. The van der Waals surface area contributed by atoms with E-state index in [0.29, 0.717) is 18.8 Å². The number of rotatable bonds is 25. The number of hydrogen-bond acceptors (Lipinski definition) is 4. The summed E-state index contributed by atoms with van der Waals surface area (Å²) in [5.74, 6) is 0.695. The highest BCUT2D eigenvalue weighted by Gasteiger charge is 2.14. The van der Waals surface area contributed by atoms with Crippen molar-refractivity contribution in [1.82, 2.24) is 0 Å². The van der Waals surface area contributed by atoms with Crippen molar-refractivity contribution in [2.75, 3.05) is 13.2 Å². The summed E-state index contributed by atoms with van der Waals surface area (Å²) in [5.41, 5.74) is 2.96. The van der Waals surface area contributed by atoms with E-state index < -0.39 is 5.97 Å². The van der Waals surface area contributed by atoms with Gasteiger partial charge in [-0.15, -0.1) is 0 Å². The predicted octanol–water partition coefficient (Wildman–Crippen LogP) is 10.9. The van der Waals surface area contributed by atoms with Crippen molar-refractivity contribution in [3.8, 4) is 17.6 Å². The standard InChI is InChI=1S/C38H55NO4/c1-3-5-7-9-11-13-15-17-29-42-35-24-19-32(20-25-35)38(34(31-39)23-28-37(40)41)33-21-26-36(27-22-33)43-30-18-16-14-12-10-8-6-4-2/h19-22,24-27H,3-18,23,28-30H2,1-2H3,(H,40,41). The summed E-state index contributed by atoms with van der Waals surface area (Å²) in [6, 6.07) is 17.9. The van der Waals surface area contributed by atoms with E-state index >= 15 is 0 Å². The fourth-order valence-electron chi connectivity index (χ4n) is 5.27. The van der Waals surface area contributed by atoms with Crippen LogP contribution < -0.4 is 9.47 Å². The quantitative estimate of drug-likeness (QED) is 0.0920. The van der Waals surface area contributed by atoms with Crippen molar-refractivity contribution in [1.29, 1.82) is 5.26 Å². The molecule has 2 aromatic rings. The minimum Gasteiger partial charge on any atom is -0.494 e. The topological polar surface area (TPSA) is 79.5 Å². The van der Waals surface area contributed by atoms with E-state index in [0.717, 1.165) is 41.0 Å². The Morgan fingerprint density at radius 3 is 1.33 bits per heavy atom. The molecule has 5 nitrogen and oxygen atoms in total. The third-order valence-corrected chi connectivity index (χ3v) is 7.84. The number of ether oxygens (including phenoxy) is 2. The second kappa shape index (κ2) is 23.2. The minimum absolute atomic E-state index is 0.0913. The van der Waals surface area contributed by atoms with Gasteiger partial charge in [-0.05, 0) is 54.7 Å². The molecule has 0 heterocycles. The summed E-state index contributed by atoms with van der Waals surface area (Å²) < 4.78 is 12.0. The van der Waals surface area contributed by atoms with Crippen molar-refractivity contribution in [3.63, 3.8) is 0 Å². The lowest BCUT2D eigenvalue weighted by molar-refractivity contribution is -0.136. The molecule has 0 saturated carbocycles. The molecular weight excluding hydrogens is 534 g/mol. The third-order valence-electron chi connectivity index (χ3n) is 7.84. The average molecular weight is 590 g/mol. The molecule has 0 unspecified atom stereocenters. The van der Waals surface area contributed by atoms with Gasteiger partial charge in [0.15, 0.2) is 0 Å². The zero-order valence-corrected chi connectivity index (χ0v) is 26.9. The van der Waals surface area contributed by atoms with Gasteiger partial charge in [0.25, 0.3) is 0 Å². The predicted molar refractivity (Wildman–Crippen MR) is 178 cm³/mol. The summed E-state index contributed by atoms with van der Waals surface area (Å²) in [5, 5.41) is 19.2. The van der Waals surface area contributed by atoms with Gasteiger partial charge in [0.05, 0.1) is 25.7 Å². The van der Waals surface area contributed by atoms with Crippen LogP contribution in [0.25, 0.3) is 5.57 Å². The van der Waals surface area contributed by atoms with Gasteiger partial charge in [0.1, 0.15) is 11.5 Å². The fourth-order valence-corrected chi connectivity index (χ4v) is 5.27. The summed E-state index contributed by atoms with van der Waals surface area (Å²) in [4.78, 5) is 11.3. The molecule has 236 valence electrons. The SMILES string of the molecule is CCCCCCCCCCOc1ccc(C(=C(C#N)CCC(=O)O)c2ccc(OCCCCCCCCCC)cc2)cc1. The molecule has 0 saturated heterocycles. The normalized spacial score (nSPS) is 10.7. The Kier molecular flexibility index (Phi) is 19.4. The van der Waals surface area contributed by atoms with Gasteiger partial charge in [-0.1, -0.05) is 128 Å². The molecule has 0 bridgehead atoms. The van der Waals surface area contributed by atoms with Gasteiger partial charge in [-0.2, -0.15) is 5.26 Å². The molecule has 2 rings (SSSR count). The number of allylic oxidation sites excluding steroid dienone is 1. The Morgan fingerprint density at radius 1 is 0.605 bits per heavy atom. The number of carboxylic acid groups (broad SMARTS) is 1. The number of carbonyl (C=O) groups is 1. The van der Waals surface area contributed by atoms with Crippen LogP contribution in [-0.4, -0.2) is 24.3 Å². The van der Waals surface area contributed by atoms with E-state index in [9.17, 15) is 15.2 Å². The molecule has 1 N–H and O–H groups in total. The van der Waals surface area contributed by atoms with Crippen LogP contribution in [0.1, 0.15) is 141 Å². The number of hydrogen-bond donors (Lipinski definition) is 1. The van der Waals surface area contributed by atoms with Crippen LogP contribution in [0.4, 0.5) is 0 Å². The van der Waals surface area contributed by atoms with Gasteiger partial charge in [0.2, 0.25) is 0 Å². The van der Waals surface area contributed by atoms with Crippen LogP contribution in [0.2, 0.25) is 0 Å². The second-order valence-corrected chi connectivity index (χ2v) is 11.6. The molecule has 0 fully saturated rings. The lowest BCUT2D eigenvalue weighted by Gasteiger charge is -2.14. The monoisotopic (exact) mass is 589 g/mol. The number of nitrogens with zero attached hydrogens (tertiary/aromatic N) is 1. The Morgan fingerprint density at radius 2 is 0.977 bits per heavy atom.